The highest BCUT2D eigenvalue weighted by molar-refractivity contribution is 7.10. The van der Waals surface area contributed by atoms with Crippen LogP contribution in [0.5, 0.6) is 0 Å². The van der Waals surface area contributed by atoms with Crippen LogP contribution in [0.3, 0.4) is 0 Å². The topological polar surface area (TPSA) is 62.6 Å². The van der Waals surface area contributed by atoms with Crippen molar-refractivity contribution in [3.05, 3.63) is 52.4 Å². The SMILES string of the molecule is O=C(Cc1cccs1)Nc1c(C(=O)N2CCCCCC2)oc2ccccc12. The predicted molar refractivity (Wildman–Crippen MR) is 107 cm³/mol. The molecule has 140 valence electrons. The van der Waals surface area contributed by atoms with Gasteiger partial charge in [-0.1, -0.05) is 31.0 Å². The highest BCUT2D eigenvalue weighted by Gasteiger charge is 2.26. The molecule has 6 heteroatoms. The third-order valence-corrected chi connectivity index (χ3v) is 5.74. The maximum Gasteiger partial charge on any atom is 0.291 e. The number of rotatable bonds is 4. The minimum absolute atomic E-state index is 0.139. The monoisotopic (exact) mass is 382 g/mol. The van der Waals surface area contributed by atoms with Crippen LogP contribution in [0.15, 0.2) is 46.2 Å². The first-order chi connectivity index (χ1) is 13.2. The summed E-state index contributed by atoms with van der Waals surface area (Å²) >= 11 is 1.54. The van der Waals surface area contributed by atoms with Crippen molar-refractivity contribution in [3.8, 4) is 0 Å². The van der Waals surface area contributed by atoms with Gasteiger partial charge in [-0.2, -0.15) is 0 Å². The molecule has 1 aliphatic heterocycles. The molecule has 4 rings (SSSR count). The summed E-state index contributed by atoms with van der Waals surface area (Å²) < 4.78 is 5.89. The van der Waals surface area contributed by atoms with Crippen LogP contribution in [0.2, 0.25) is 0 Å². The lowest BCUT2D eigenvalue weighted by molar-refractivity contribution is -0.115. The molecule has 2 amide bonds. The number of hydrogen-bond acceptors (Lipinski definition) is 4. The third-order valence-electron chi connectivity index (χ3n) is 4.86. The van der Waals surface area contributed by atoms with Gasteiger partial charge in [0, 0.05) is 23.4 Å². The summed E-state index contributed by atoms with van der Waals surface area (Å²) in [6.45, 7) is 1.47. The van der Waals surface area contributed by atoms with Gasteiger partial charge in [-0.3, -0.25) is 9.59 Å². The number of nitrogens with one attached hydrogen (secondary N) is 1. The standard InChI is InChI=1S/C21H22N2O3S/c24-18(14-15-8-7-13-27-15)22-19-16-9-3-4-10-17(16)26-20(19)21(25)23-11-5-1-2-6-12-23/h3-4,7-10,13H,1-2,5-6,11-12,14H2,(H,22,24). The number of carbonyl (C=O) groups is 2. The van der Waals surface area contributed by atoms with Crippen molar-refractivity contribution in [1.29, 1.82) is 0 Å². The number of amides is 2. The van der Waals surface area contributed by atoms with Gasteiger partial charge in [-0.15, -0.1) is 11.3 Å². The zero-order valence-electron chi connectivity index (χ0n) is 15.1. The van der Waals surface area contributed by atoms with E-state index in [-0.39, 0.29) is 24.0 Å². The van der Waals surface area contributed by atoms with Gasteiger partial charge in [0.05, 0.1) is 6.42 Å². The van der Waals surface area contributed by atoms with E-state index in [9.17, 15) is 9.59 Å². The Morgan fingerprint density at radius 1 is 1.04 bits per heavy atom. The van der Waals surface area contributed by atoms with Crippen molar-refractivity contribution >= 4 is 39.8 Å². The molecule has 0 bridgehead atoms. The van der Waals surface area contributed by atoms with Crippen molar-refractivity contribution in [2.75, 3.05) is 18.4 Å². The summed E-state index contributed by atoms with van der Waals surface area (Å²) in [5, 5.41) is 5.64. The Morgan fingerprint density at radius 3 is 2.56 bits per heavy atom. The summed E-state index contributed by atoms with van der Waals surface area (Å²) in [4.78, 5) is 28.5. The van der Waals surface area contributed by atoms with E-state index >= 15 is 0 Å². The lowest BCUT2D eigenvalue weighted by Crippen LogP contribution is -2.32. The number of fused-ring (bicyclic) bond motifs is 1. The fourth-order valence-corrected chi connectivity index (χ4v) is 4.20. The highest BCUT2D eigenvalue weighted by Crippen LogP contribution is 2.32. The maximum absolute atomic E-state index is 13.1. The molecule has 1 saturated heterocycles. The molecule has 0 saturated carbocycles. The Kier molecular flexibility index (Phi) is 5.25. The number of hydrogen-bond donors (Lipinski definition) is 1. The minimum atomic E-state index is -0.145. The van der Waals surface area contributed by atoms with E-state index in [1.54, 1.807) is 11.3 Å². The Morgan fingerprint density at radius 2 is 1.81 bits per heavy atom. The predicted octanol–water partition coefficient (Wildman–Crippen LogP) is 4.69. The minimum Gasteiger partial charge on any atom is -0.449 e. The second kappa shape index (κ2) is 7.96. The Bertz CT molecular complexity index is 938. The second-order valence-electron chi connectivity index (χ2n) is 6.81. The molecule has 0 radical (unpaired) electrons. The summed E-state index contributed by atoms with van der Waals surface area (Å²) in [6, 6.07) is 11.3. The molecule has 1 N–H and O–H groups in total. The van der Waals surface area contributed by atoms with Gasteiger partial charge < -0.3 is 14.6 Å². The number of furan rings is 1. The number of nitrogens with zero attached hydrogens (tertiary/aromatic N) is 1. The quantitative estimate of drug-likeness (QED) is 0.712. The van der Waals surface area contributed by atoms with Crippen LogP contribution in [0, 0.1) is 0 Å². The number of benzene rings is 1. The van der Waals surface area contributed by atoms with Gasteiger partial charge in [0.25, 0.3) is 5.91 Å². The van der Waals surface area contributed by atoms with Gasteiger partial charge in [0.2, 0.25) is 11.7 Å². The first-order valence-corrected chi connectivity index (χ1v) is 10.2. The number of likely N-dealkylation sites (tertiary alicyclic amines) is 1. The fourth-order valence-electron chi connectivity index (χ4n) is 3.49. The Hall–Kier alpha value is -2.60. The lowest BCUT2D eigenvalue weighted by atomic mass is 10.2. The van der Waals surface area contributed by atoms with Crippen molar-refractivity contribution in [1.82, 2.24) is 4.90 Å². The third kappa shape index (κ3) is 3.90. The molecule has 0 spiro atoms. The van der Waals surface area contributed by atoms with Crippen LogP contribution in [-0.4, -0.2) is 29.8 Å². The number of carbonyl (C=O) groups excluding carboxylic acids is 2. The zero-order chi connectivity index (χ0) is 18.6. The van der Waals surface area contributed by atoms with Crippen LogP contribution < -0.4 is 5.32 Å². The molecule has 2 aromatic heterocycles. The molecular weight excluding hydrogens is 360 g/mol. The Balaban J connectivity index is 1.64. The summed E-state index contributed by atoms with van der Waals surface area (Å²) in [7, 11) is 0. The first-order valence-electron chi connectivity index (χ1n) is 9.35. The normalized spacial score (nSPS) is 14.9. The van der Waals surface area contributed by atoms with E-state index < -0.39 is 0 Å². The average molecular weight is 382 g/mol. The van der Waals surface area contributed by atoms with E-state index in [0.29, 0.717) is 11.3 Å². The summed E-state index contributed by atoms with van der Waals surface area (Å²) in [6.07, 6.45) is 4.59. The van der Waals surface area contributed by atoms with Crippen molar-refractivity contribution in [2.45, 2.75) is 32.1 Å². The molecule has 3 aromatic rings. The van der Waals surface area contributed by atoms with Gasteiger partial charge in [-0.05, 0) is 36.4 Å². The first kappa shape index (κ1) is 17.8. The number of thiophene rings is 1. The molecule has 5 nitrogen and oxygen atoms in total. The van der Waals surface area contributed by atoms with Crippen molar-refractivity contribution in [3.63, 3.8) is 0 Å². The van der Waals surface area contributed by atoms with Gasteiger partial charge in [0.1, 0.15) is 11.3 Å². The van der Waals surface area contributed by atoms with Gasteiger partial charge >= 0.3 is 0 Å². The van der Waals surface area contributed by atoms with Crippen LogP contribution in [0.4, 0.5) is 5.69 Å². The molecule has 0 atom stereocenters. The van der Waals surface area contributed by atoms with E-state index in [1.807, 2.05) is 46.7 Å². The Labute approximate surface area is 162 Å². The summed E-state index contributed by atoms with van der Waals surface area (Å²) in [5.74, 6) is -0.0499. The van der Waals surface area contributed by atoms with E-state index in [0.717, 1.165) is 49.0 Å². The van der Waals surface area contributed by atoms with Gasteiger partial charge in [-0.25, -0.2) is 0 Å². The van der Waals surface area contributed by atoms with Crippen LogP contribution >= 0.6 is 11.3 Å². The van der Waals surface area contributed by atoms with Crippen LogP contribution in [0.1, 0.15) is 41.1 Å². The fraction of sp³-hybridized carbons (Fsp3) is 0.333. The molecule has 3 heterocycles. The number of anilines is 1. The molecule has 1 aliphatic rings. The maximum atomic E-state index is 13.1. The lowest BCUT2D eigenvalue weighted by Gasteiger charge is -2.19. The van der Waals surface area contributed by atoms with Crippen molar-refractivity contribution in [2.24, 2.45) is 0 Å². The molecule has 1 aromatic carbocycles. The van der Waals surface area contributed by atoms with E-state index in [1.165, 1.54) is 0 Å². The zero-order valence-corrected chi connectivity index (χ0v) is 15.9. The van der Waals surface area contributed by atoms with Crippen LogP contribution in [0.25, 0.3) is 11.0 Å². The molecule has 0 aliphatic carbocycles. The average Bonchev–Trinajstić information content (AvgIpc) is 3.21. The second-order valence-corrected chi connectivity index (χ2v) is 7.85. The highest BCUT2D eigenvalue weighted by atomic mass is 32.1. The van der Waals surface area contributed by atoms with Crippen LogP contribution in [-0.2, 0) is 11.2 Å². The molecule has 0 unspecified atom stereocenters. The molecule has 27 heavy (non-hydrogen) atoms. The largest absolute Gasteiger partial charge is 0.449 e. The van der Waals surface area contributed by atoms with Gasteiger partial charge in [0.15, 0.2) is 0 Å². The van der Waals surface area contributed by atoms with E-state index in [2.05, 4.69) is 5.32 Å². The number of para-hydroxylation sites is 1. The summed E-state index contributed by atoms with van der Waals surface area (Å²) in [5.41, 5.74) is 1.10. The molecule has 1 fully saturated rings. The van der Waals surface area contributed by atoms with Crippen molar-refractivity contribution < 1.29 is 14.0 Å². The molecular formula is C21H22N2O3S. The van der Waals surface area contributed by atoms with E-state index in [4.69, 9.17) is 4.42 Å². The smallest absolute Gasteiger partial charge is 0.291 e.